The van der Waals surface area contributed by atoms with Crippen molar-refractivity contribution in [1.29, 1.82) is 0 Å². The first-order valence-electron chi connectivity index (χ1n) is 6.86. The number of carbonyl (C=O) groups is 2. The molecule has 1 aliphatic rings. The molecule has 0 fully saturated rings. The Morgan fingerprint density at radius 2 is 1.46 bits per heavy atom. The largest absolute Gasteiger partial charge is 0.416 e. The fourth-order valence-electron chi connectivity index (χ4n) is 2.61. The van der Waals surface area contributed by atoms with Crippen LogP contribution in [-0.2, 0) is 15.8 Å². The SMILES string of the molecule is O=C(Cl)C1(C(=O)Cl)C=CC(c2ccccc2C(F)(F)F)C(C(F)(F)F)=C1. The van der Waals surface area contributed by atoms with Crippen LogP contribution in [0.25, 0.3) is 0 Å². The first-order valence-corrected chi connectivity index (χ1v) is 7.61. The Labute approximate surface area is 153 Å². The maximum absolute atomic E-state index is 13.5. The summed E-state index contributed by atoms with van der Waals surface area (Å²) in [7, 11) is 0. The molecule has 10 heteroatoms. The molecular formula is C16H8Cl2F6O2. The van der Waals surface area contributed by atoms with Crippen LogP contribution >= 0.6 is 23.2 Å². The predicted molar refractivity (Wildman–Crippen MR) is 81.6 cm³/mol. The average molecular weight is 417 g/mol. The molecule has 0 aliphatic heterocycles. The summed E-state index contributed by atoms with van der Waals surface area (Å²) in [6, 6.07) is 3.70. The van der Waals surface area contributed by atoms with Gasteiger partial charge in [-0.15, -0.1) is 0 Å². The molecule has 0 radical (unpaired) electrons. The Morgan fingerprint density at radius 3 is 1.92 bits per heavy atom. The minimum atomic E-state index is -5.14. The van der Waals surface area contributed by atoms with Crippen LogP contribution in [0, 0.1) is 5.41 Å². The quantitative estimate of drug-likeness (QED) is 0.287. The van der Waals surface area contributed by atoms with E-state index in [1.807, 2.05) is 0 Å². The highest BCUT2D eigenvalue weighted by Crippen LogP contribution is 2.48. The van der Waals surface area contributed by atoms with Crippen LogP contribution in [0.1, 0.15) is 17.0 Å². The van der Waals surface area contributed by atoms with Crippen LogP contribution in [0.5, 0.6) is 0 Å². The van der Waals surface area contributed by atoms with E-state index in [0.29, 0.717) is 18.2 Å². The lowest BCUT2D eigenvalue weighted by molar-refractivity contribution is -0.139. The van der Waals surface area contributed by atoms with Crippen molar-refractivity contribution < 1.29 is 35.9 Å². The molecule has 0 aromatic heterocycles. The first-order chi connectivity index (χ1) is 11.8. The summed E-state index contributed by atoms with van der Waals surface area (Å²) in [5.74, 6) is -1.90. The lowest BCUT2D eigenvalue weighted by atomic mass is 9.75. The van der Waals surface area contributed by atoms with E-state index in [-0.39, 0.29) is 6.08 Å². The van der Waals surface area contributed by atoms with Gasteiger partial charge in [-0.1, -0.05) is 30.4 Å². The highest BCUT2D eigenvalue weighted by atomic mass is 35.5. The van der Waals surface area contributed by atoms with Gasteiger partial charge in [0.15, 0.2) is 5.41 Å². The molecule has 1 atom stereocenters. The molecule has 0 amide bonds. The van der Waals surface area contributed by atoms with Crippen LogP contribution in [0.4, 0.5) is 26.3 Å². The molecule has 1 aromatic carbocycles. The van der Waals surface area contributed by atoms with Gasteiger partial charge in [-0.3, -0.25) is 9.59 Å². The lowest BCUT2D eigenvalue weighted by Gasteiger charge is -2.31. The zero-order valence-electron chi connectivity index (χ0n) is 12.5. The number of benzene rings is 1. The summed E-state index contributed by atoms with van der Waals surface area (Å²) < 4.78 is 79.9. The summed E-state index contributed by atoms with van der Waals surface area (Å²) in [4.78, 5) is 23.0. The van der Waals surface area contributed by atoms with Gasteiger partial charge >= 0.3 is 12.4 Å². The third-order valence-electron chi connectivity index (χ3n) is 3.85. The normalized spacial score (nSPS) is 19.8. The number of hydrogen-bond donors (Lipinski definition) is 0. The first kappa shape index (κ1) is 20.5. The molecule has 0 spiro atoms. The zero-order chi connectivity index (χ0) is 19.9. The van der Waals surface area contributed by atoms with E-state index in [1.165, 1.54) is 0 Å². The molecule has 0 saturated heterocycles. The molecule has 1 aromatic rings. The third kappa shape index (κ3) is 3.66. The summed E-state index contributed by atoms with van der Waals surface area (Å²) in [5.41, 5.74) is -6.10. The van der Waals surface area contributed by atoms with Crippen molar-refractivity contribution in [3.05, 3.63) is 59.2 Å². The monoisotopic (exact) mass is 416 g/mol. The van der Waals surface area contributed by atoms with Crippen LogP contribution in [0.2, 0.25) is 0 Å². The Morgan fingerprint density at radius 1 is 0.923 bits per heavy atom. The van der Waals surface area contributed by atoms with Crippen molar-refractivity contribution in [3.8, 4) is 0 Å². The second-order valence-corrected chi connectivity index (χ2v) is 6.12. The average Bonchev–Trinajstić information content (AvgIpc) is 2.52. The van der Waals surface area contributed by atoms with Crippen molar-refractivity contribution in [2.75, 3.05) is 0 Å². The van der Waals surface area contributed by atoms with Gasteiger partial charge in [0.1, 0.15) is 0 Å². The Bertz CT molecular complexity index is 794. The van der Waals surface area contributed by atoms with E-state index < -0.39 is 50.9 Å². The maximum Gasteiger partial charge on any atom is 0.416 e. The van der Waals surface area contributed by atoms with E-state index in [4.69, 9.17) is 23.2 Å². The molecule has 26 heavy (non-hydrogen) atoms. The Kier molecular flexibility index (Phi) is 5.31. The van der Waals surface area contributed by atoms with E-state index in [2.05, 4.69) is 0 Å². The molecule has 1 unspecified atom stereocenters. The standard InChI is InChI=1S/C16H8Cl2F6O2/c17-12(25)14(13(18)26)6-5-9(11(7-14)16(22,23)24)8-3-1-2-4-10(8)15(19,20)21/h1-7,9H. The minimum Gasteiger partial charge on any atom is -0.279 e. The third-order valence-corrected chi connectivity index (χ3v) is 4.47. The lowest BCUT2D eigenvalue weighted by Crippen LogP contribution is -2.35. The zero-order valence-corrected chi connectivity index (χ0v) is 14.0. The van der Waals surface area contributed by atoms with Crippen molar-refractivity contribution >= 4 is 33.7 Å². The molecule has 2 rings (SSSR count). The number of halogens is 8. The number of rotatable bonds is 3. The molecule has 0 bridgehead atoms. The van der Waals surface area contributed by atoms with E-state index in [9.17, 15) is 35.9 Å². The molecule has 0 saturated carbocycles. The minimum absolute atomic E-state index is 0.176. The predicted octanol–water partition coefficient (Wildman–Crippen LogP) is 5.36. The number of alkyl halides is 6. The van der Waals surface area contributed by atoms with E-state index in [1.54, 1.807) is 0 Å². The van der Waals surface area contributed by atoms with Gasteiger partial charge in [0.05, 0.1) is 5.56 Å². The van der Waals surface area contributed by atoms with E-state index in [0.717, 1.165) is 18.2 Å². The van der Waals surface area contributed by atoms with Crippen LogP contribution in [0.15, 0.2) is 48.1 Å². The van der Waals surface area contributed by atoms with Crippen LogP contribution in [0.3, 0.4) is 0 Å². The molecule has 2 nitrogen and oxygen atoms in total. The van der Waals surface area contributed by atoms with Gasteiger partial charge in [0.25, 0.3) is 0 Å². The summed E-state index contributed by atoms with van der Waals surface area (Å²) in [5, 5.41) is -3.00. The van der Waals surface area contributed by atoms with Gasteiger partial charge in [0.2, 0.25) is 10.5 Å². The van der Waals surface area contributed by atoms with Gasteiger partial charge in [-0.25, -0.2) is 0 Å². The smallest absolute Gasteiger partial charge is 0.279 e. The van der Waals surface area contributed by atoms with Gasteiger partial charge < -0.3 is 0 Å². The second-order valence-electron chi connectivity index (χ2n) is 5.44. The topological polar surface area (TPSA) is 34.1 Å². The molecule has 0 heterocycles. The van der Waals surface area contributed by atoms with Crippen molar-refractivity contribution in [2.45, 2.75) is 18.3 Å². The summed E-state index contributed by atoms with van der Waals surface area (Å²) in [6.07, 6.45) is -8.51. The van der Waals surface area contributed by atoms with Gasteiger partial charge in [0, 0.05) is 11.5 Å². The van der Waals surface area contributed by atoms with Crippen LogP contribution in [-0.4, -0.2) is 16.7 Å². The van der Waals surface area contributed by atoms with Crippen LogP contribution < -0.4 is 0 Å². The summed E-state index contributed by atoms with van der Waals surface area (Å²) >= 11 is 10.5. The highest BCUT2D eigenvalue weighted by molar-refractivity contribution is 6.75. The van der Waals surface area contributed by atoms with Crippen molar-refractivity contribution in [2.24, 2.45) is 5.41 Å². The molecule has 1 aliphatic carbocycles. The van der Waals surface area contributed by atoms with Gasteiger partial charge in [-0.05, 0) is 40.9 Å². The molecule has 140 valence electrons. The number of hydrogen-bond acceptors (Lipinski definition) is 2. The van der Waals surface area contributed by atoms with Crippen molar-refractivity contribution in [3.63, 3.8) is 0 Å². The maximum atomic E-state index is 13.5. The second kappa shape index (κ2) is 6.74. The molecule has 0 N–H and O–H groups in total. The Hall–Kier alpha value is -1.80. The van der Waals surface area contributed by atoms with Gasteiger partial charge in [-0.2, -0.15) is 26.3 Å². The fourth-order valence-corrected chi connectivity index (χ4v) is 3.07. The van der Waals surface area contributed by atoms with Crippen molar-refractivity contribution in [1.82, 2.24) is 0 Å². The number of allylic oxidation sites excluding steroid dienone is 4. The number of carbonyl (C=O) groups excluding carboxylic acids is 2. The highest BCUT2D eigenvalue weighted by Gasteiger charge is 2.50. The Balaban J connectivity index is 2.72. The fraction of sp³-hybridized carbons (Fsp3) is 0.250. The molecular weight excluding hydrogens is 409 g/mol. The van der Waals surface area contributed by atoms with E-state index >= 15 is 0 Å². The summed E-state index contributed by atoms with van der Waals surface area (Å²) in [6.45, 7) is 0.